The maximum absolute atomic E-state index is 9.33. The van der Waals surface area contributed by atoms with Crippen molar-refractivity contribution in [3.05, 3.63) is 66.2 Å². The molecular weight excluding hydrogens is 280 g/mol. The van der Waals surface area contributed by atoms with E-state index in [0.29, 0.717) is 24.7 Å². The van der Waals surface area contributed by atoms with Crippen LogP contribution in [0.25, 0.3) is 0 Å². The van der Waals surface area contributed by atoms with Crippen LogP contribution in [-0.4, -0.2) is 18.8 Å². The molecule has 116 valence electrons. The summed E-state index contributed by atoms with van der Waals surface area (Å²) in [5.41, 5.74) is 1.68. The predicted octanol–water partition coefficient (Wildman–Crippen LogP) is 3.33. The van der Waals surface area contributed by atoms with Crippen molar-refractivity contribution in [2.24, 2.45) is 0 Å². The van der Waals surface area contributed by atoms with Gasteiger partial charge in [0.25, 0.3) is 0 Å². The fourth-order valence-electron chi connectivity index (χ4n) is 2.03. The van der Waals surface area contributed by atoms with Gasteiger partial charge in [-0.05, 0) is 23.8 Å². The van der Waals surface area contributed by atoms with Crippen molar-refractivity contribution in [2.75, 3.05) is 13.7 Å². The number of benzene rings is 2. The van der Waals surface area contributed by atoms with E-state index in [1.807, 2.05) is 24.3 Å². The van der Waals surface area contributed by atoms with Crippen molar-refractivity contribution >= 4 is 0 Å². The highest BCUT2D eigenvalue weighted by Crippen LogP contribution is 2.25. The third kappa shape index (κ3) is 4.27. The normalized spacial score (nSPS) is 10.1. The Morgan fingerprint density at radius 1 is 1.09 bits per heavy atom. The number of hydrogen-bond acceptors (Lipinski definition) is 4. The third-order valence-corrected chi connectivity index (χ3v) is 3.08. The molecule has 2 aromatic carbocycles. The number of ether oxygens (including phenoxy) is 3. The lowest BCUT2D eigenvalue weighted by atomic mass is 10.2. The molecule has 22 heavy (non-hydrogen) atoms. The quantitative estimate of drug-likeness (QED) is 0.760. The van der Waals surface area contributed by atoms with Crippen molar-refractivity contribution in [3.63, 3.8) is 0 Å². The van der Waals surface area contributed by atoms with E-state index in [2.05, 4.69) is 6.58 Å². The largest absolute Gasteiger partial charge is 0.496 e. The topological polar surface area (TPSA) is 47.9 Å². The summed E-state index contributed by atoms with van der Waals surface area (Å²) in [6, 6.07) is 13.0. The van der Waals surface area contributed by atoms with Crippen molar-refractivity contribution in [2.45, 2.75) is 13.2 Å². The molecule has 0 amide bonds. The molecule has 0 fully saturated rings. The fourth-order valence-corrected chi connectivity index (χ4v) is 2.03. The first-order valence-electron chi connectivity index (χ1n) is 7.00. The van der Waals surface area contributed by atoms with Crippen LogP contribution in [0.2, 0.25) is 0 Å². The lowest BCUT2D eigenvalue weighted by molar-refractivity contribution is 0.273. The van der Waals surface area contributed by atoms with Gasteiger partial charge in [0.1, 0.15) is 30.5 Å². The van der Waals surface area contributed by atoms with E-state index in [4.69, 9.17) is 14.2 Å². The molecule has 0 aliphatic heterocycles. The number of aliphatic hydroxyl groups excluding tert-OH is 1. The van der Waals surface area contributed by atoms with Crippen molar-refractivity contribution < 1.29 is 19.3 Å². The summed E-state index contributed by atoms with van der Waals surface area (Å²) < 4.78 is 16.6. The SMILES string of the molecule is C=CCOc1cc(CO)cc(OCc2ccccc2OC)c1. The van der Waals surface area contributed by atoms with Gasteiger partial charge in [-0.25, -0.2) is 0 Å². The zero-order valence-electron chi connectivity index (χ0n) is 12.6. The van der Waals surface area contributed by atoms with Crippen LogP contribution in [0.15, 0.2) is 55.1 Å². The molecule has 0 spiro atoms. The molecule has 0 aliphatic carbocycles. The average Bonchev–Trinajstić information content (AvgIpc) is 2.58. The van der Waals surface area contributed by atoms with Gasteiger partial charge in [0.2, 0.25) is 0 Å². The second kappa shape index (κ2) is 8.10. The van der Waals surface area contributed by atoms with Crippen molar-refractivity contribution in [1.29, 1.82) is 0 Å². The first-order chi connectivity index (χ1) is 10.8. The Bertz CT molecular complexity index is 622. The molecular formula is C18H20O4. The van der Waals surface area contributed by atoms with Crippen molar-refractivity contribution in [1.82, 2.24) is 0 Å². The molecule has 0 saturated heterocycles. The van der Waals surface area contributed by atoms with Gasteiger partial charge in [0, 0.05) is 11.6 Å². The van der Waals surface area contributed by atoms with Crippen LogP contribution < -0.4 is 14.2 Å². The number of para-hydroxylation sites is 1. The molecule has 0 heterocycles. The average molecular weight is 300 g/mol. The monoisotopic (exact) mass is 300 g/mol. The minimum Gasteiger partial charge on any atom is -0.496 e. The third-order valence-electron chi connectivity index (χ3n) is 3.08. The van der Waals surface area contributed by atoms with Gasteiger partial charge in [-0.2, -0.15) is 0 Å². The Balaban J connectivity index is 2.12. The molecule has 4 heteroatoms. The molecule has 2 rings (SSSR count). The van der Waals surface area contributed by atoms with Crippen LogP contribution >= 0.6 is 0 Å². The van der Waals surface area contributed by atoms with Crippen LogP contribution in [0.5, 0.6) is 17.2 Å². The molecule has 0 radical (unpaired) electrons. The molecule has 0 unspecified atom stereocenters. The highest BCUT2D eigenvalue weighted by atomic mass is 16.5. The van der Waals surface area contributed by atoms with E-state index in [1.165, 1.54) is 0 Å². The van der Waals surface area contributed by atoms with Gasteiger partial charge in [-0.15, -0.1) is 0 Å². The second-order valence-electron chi connectivity index (χ2n) is 4.67. The van der Waals surface area contributed by atoms with Crippen LogP contribution in [0, 0.1) is 0 Å². The van der Waals surface area contributed by atoms with E-state index in [0.717, 1.165) is 16.9 Å². The summed E-state index contributed by atoms with van der Waals surface area (Å²) in [4.78, 5) is 0. The molecule has 4 nitrogen and oxygen atoms in total. The molecule has 0 atom stereocenters. The number of hydrogen-bond donors (Lipinski definition) is 1. The van der Waals surface area contributed by atoms with Crippen LogP contribution in [-0.2, 0) is 13.2 Å². The number of methoxy groups -OCH3 is 1. The fraction of sp³-hybridized carbons (Fsp3) is 0.222. The standard InChI is InChI=1S/C18H20O4/c1-3-8-21-16-9-14(12-19)10-17(11-16)22-13-15-6-4-5-7-18(15)20-2/h3-7,9-11,19H,1,8,12-13H2,2H3. The number of aliphatic hydroxyl groups is 1. The van der Waals surface area contributed by atoms with E-state index in [1.54, 1.807) is 31.4 Å². The lowest BCUT2D eigenvalue weighted by Crippen LogP contribution is -2.00. The molecule has 1 N–H and O–H groups in total. The first-order valence-corrected chi connectivity index (χ1v) is 7.00. The summed E-state index contributed by atoms with van der Waals surface area (Å²) in [5, 5.41) is 9.33. The van der Waals surface area contributed by atoms with E-state index < -0.39 is 0 Å². The molecule has 0 aliphatic rings. The van der Waals surface area contributed by atoms with Gasteiger partial charge in [0.05, 0.1) is 13.7 Å². The minimum absolute atomic E-state index is 0.0731. The second-order valence-corrected chi connectivity index (χ2v) is 4.67. The van der Waals surface area contributed by atoms with E-state index in [-0.39, 0.29) is 6.61 Å². The van der Waals surface area contributed by atoms with Crippen LogP contribution in [0.3, 0.4) is 0 Å². The number of rotatable bonds is 8. The molecule has 0 saturated carbocycles. The predicted molar refractivity (Wildman–Crippen MR) is 85.4 cm³/mol. The zero-order valence-corrected chi connectivity index (χ0v) is 12.6. The van der Waals surface area contributed by atoms with Gasteiger partial charge in [-0.3, -0.25) is 0 Å². The Kier molecular flexibility index (Phi) is 5.86. The summed E-state index contributed by atoms with van der Waals surface area (Å²) in [5.74, 6) is 2.06. The first kappa shape index (κ1) is 15.9. The summed E-state index contributed by atoms with van der Waals surface area (Å²) in [6.45, 7) is 4.32. The van der Waals surface area contributed by atoms with Crippen LogP contribution in [0.1, 0.15) is 11.1 Å². The Labute approximate surface area is 130 Å². The Hall–Kier alpha value is -2.46. The minimum atomic E-state index is -0.0731. The smallest absolute Gasteiger partial charge is 0.125 e. The summed E-state index contributed by atoms with van der Waals surface area (Å²) >= 11 is 0. The highest BCUT2D eigenvalue weighted by molar-refractivity contribution is 5.39. The van der Waals surface area contributed by atoms with Crippen molar-refractivity contribution in [3.8, 4) is 17.2 Å². The lowest BCUT2D eigenvalue weighted by Gasteiger charge is -2.12. The molecule has 0 bridgehead atoms. The van der Waals surface area contributed by atoms with Gasteiger partial charge >= 0.3 is 0 Å². The highest BCUT2D eigenvalue weighted by Gasteiger charge is 2.06. The van der Waals surface area contributed by atoms with Gasteiger partial charge < -0.3 is 19.3 Å². The maximum atomic E-state index is 9.33. The zero-order chi connectivity index (χ0) is 15.8. The molecule has 2 aromatic rings. The van der Waals surface area contributed by atoms with Gasteiger partial charge in [-0.1, -0.05) is 30.9 Å². The molecule has 0 aromatic heterocycles. The maximum Gasteiger partial charge on any atom is 0.125 e. The Morgan fingerprint density at radius 2 is 1.82 bits per heavy atom. The Morgan fingerprint density at radius 3 is 2.50 bits per heavy atom. The van der Waals surface area contributed by atoms with E-state index in [9.17, 15) is 5.11 Å². The summed E-state index contributed by atoms with van der Waals surface area (Å²) in [6.07, 6.45) is 1.67. The summed E-state index contributed by atoms with van der Waals surface area (Å²) in [7, 11) is 1.63. The van der Waals surface area contributed by atoms with Crippen LogP contribution in [0.4, 0.5) is 0 Å². The van der Waals surface area contributed by atoms with E-state index >= 15 is 0 Å². The van der Waals surface area contributed by atoms with Gasteiger partial charge in [0.15, 0.2) is 0 Å².